The smallest absolute Gasteiger partial charge is 0.308 e. The van der Waals surface area contributed by atoms with Crippen molar-refractivity contribution in [1.29, 1.82) is 0 Å². The Hall–Kier alpha value is -0.570. The second-order valence-corrected chi connectivity index (χ2v) is 6.62. The maximum absolute atomic E-state index is 11.2. The summed E-state index contributed by atoms with van der Waals surface area (Å²) in [6.07, 6.45) is 3.16. The monoisotopic (exact) mass is 255 g/mol. The van der Waals surface area contributed by atoms with Crippen LogP contribution in [0.25, 0.3) is 0 Å². The normalized spacial score (nSPS) is 25.6. The minimum absolute atomic E-state index is 0.174. The van der Waals surface area contributed by atoms with Gasteiger partial charge in [-0.05, 0) is 44.6 Å². The van der Waals surface area contributed by atoms with E-state index in [1.807, 2.05) is 0 Å². The van der Waals surface area contributed by atoms with Gasteiger partial charge in [-0.2, -0.15) is 0 Å². The summed E-state index contributed by atoms with van der Waals surface area (Å²) >= 11 is 0. The van der Waals surface area contributed by atoms with Gasteiger partial charge in [-0.3, -0.25) is 9.69 Å². The van der Waals surface area contributed by atoms with Crippen molar-refractivity contribution in [2.24, 2.45) is 17.8 Å². The van der Waals surface area contributed by atoms with Crippen LogP contribution in [0, 0.1) is 17.8 Å². The molecule has 0 saturated carbocycles. The van der Waals surface area contributed by atoms with Gasteiger partial charge in [-0.15, -0.1) is 0 Å². The lowest BCUT2D eigenvalue weighted by molar-refractivity contribution is -0.142. The van der Waals surface area contributed by atoms with Gasteiger partial charge in [0.15, 0.2) is 0 Å². The van der Waals surface area contributed by atoms with Crippen LogP contribution >= 0.6 is 0 Å². The van der Waals surface area contributed by atoms with Crippen molar-refractivity contribution in [2.75, 3.05) is 6.54 Å². The molecule has 0 aromatic carbocycles. The number of carbonyl (C=O) groups is 1. The second kappa shape index (κ2) is 6.55. The molecule has 0 spiro atoms. The summed E-state index contributed by atoms with van der Waals surface area (Å²) < 4.78 is 0. The highest BCUT2D eigenvalue weighted by atomic mass is 16.4. The van der Waals surface area contributed by atoms with E-state index in [0.717, 1.165) is 13.0 Å². The van der Waals surface area contributed by atoms with E-state index < -0.39 is 5.97 Å². The number of likely N-dealkylation sites (tertiary alicyclic amines) is 1. The molecule has 0 amide bonds. The van der Waals surface area contributed by atoms with E-state index in [1.54, 1.807) is 0 Å². The Morgan fingerprint density at radius 1 is 1.22 bits per heavy atom. The fourth-order valence-corrected chi connectivity index (χ4v) is 3.26. The quantitative estimate of drug-likeness (QED) is 0.792. The first-order valence-corrected chi connectivity index (χ1v) is 7.31. The first-order valence-electron chi connectivity index (χ1n) is 7.31. The first-order chi connectivity index (χ1) is 8.32. The molecule has 3 nitrogen and oxygen atoms in total. The van der Waals surface area contributed by atoms with Gasteiger partial charge in [0.1, 0.15) is 0 Å². The average molecular weight is 255 g/mol. The zero-order valence-electron chi connectivity index (χ0n) is 12.5. The lowest BCUT2D eigenvalue weighted by Crippen LogP contribution is -2.42. The molecule has 2 unspecified atom stereocenters. The standard InChI is InChI=1S/C15H29NO2/c1-10(2)8-13(9-11(3)4)16-7-6-14(12(16)5)15(17)18/h10-14H,6-9H2,1-5H3,(H,17,18). The second-order valence-electron chi connectivity index (χ2n) is 6.62. The van der Waals surface area contributed by atoms with Gasteiger partial charge in [0.25, 0.3) is 0 Å². The molecular weight excluding hydrogens is 226 g/mol. The average Bonchev–Trinajstić information content (AvgIpc) is 2.57. The van der Waals surface area contributed by atoms with E-state index in [2.05, 4.69) is 39.5 Å². The van der Waals surface area contributed by atoms with E-state index in [9.17, 15) is 9.90 Å². The number of carboxylic acid groups (broad SMARTS) is 1. The molecule has 1 N–H and O–H groups in total. The number of rotatable bonds is 6. The molecule has 0 aromatic heterocycles. The van der Waals surface area contributed by atoms with Crippen LogP contribution in [-0.4, -0.2) is 34.6 Å². The maximum Gasteiger partial charge on any atom is 0.308 e. The van der Waals surface area contributed by atoms with Gasteiger partial charge < -0.3 is 5.11 Å². The number of aliphatic carboxylic acids is 1. The van der Waals surface area contributed by atoms with Crippen molar-refractivity contribution >= 4 is 5.97 Å². The Morgan fingerprint density at radius 2 is 1.72 bits per heavy atom. The summed E-state index contributed by atoms with van der Waals surface area (Å²) in [6, 6.07) is 0.731. The van der Waals surface area contributed by atoms with E-state index in [-0.39, 0.29) is 12.0 Å². The van der Waals surface area contributed by atoms with E-state index in [1.165, 1.54) is 12.8 Å². The predicted octanol–water partition coefficient (Wildman–Crippen LogP) is 3.24. The van der Waals surface area contributed by atoms with Crippen LogP contribution in [0.4, 0.5) is 0 Å². The molecule has 106 valence electrons. The number of hydrogen-bond donors (Lipinski definition) is 1. The fourth-order valence-electron chi connectivity index (χ4n) is 3.26. The van der Waals surface area contributed by atoms with Gasteiger partial charge in [0.2, 0.25) is 0 Å². The van der Waals surface area contributed by atoms with Gasteiger partial charge in [-0.25, -0.2) is 0 Å². The highest BCUT2D eigenvalue weighted by molar-refractivity contribution is 5.71. The molecule has 3 heteroatoms. The lowest BCUT2D eigenvalue weighted by atomic mass is 9.93. The Bertz CT molecular complexity index is 266. The summed E-state index contributed by atoms with van der Waals surface area (Å²) in [4.78, 5) is 13.6. The van der Waals surface area contributed by atoms with Crippen molar-refractivity contribution < 1.29 is 9.90 Å². The maximum atomic E-state index is 11.2. The molecule has 1 fully saturated rings. The third-order valence-electron chi connectivity index (χ3n) is 4.08. The fraction of sp³-hybridized carbons (Fsp3) is 0.933. The largest absolute Gasteiger partial charge is 0.481 e. The zero-order chi connectivity index (χ0) is 13.9. The van der Waals surface area contributed by atoms with Gasteiger partial charge in [-0.1, -0.05) is 27.7 Å². The zero-order valence-corrected chi connectivity index (χ0v) is 12.5. The molecule has 1 aliphatic heterocycles. The van der Waals surface area contributed by atoms with Crippen molar-refractivity contribution in [3.8, 4) is 0 Å². The Morgan fingerprint density at radius 3 is 2.06 bits per heavy atom. The lowest BCUT2D eigenvalue weighted by Gasteiger charge is -2.34. The van der Waals surface area contributed by atoms with Crippen LogP contribution in [0.5, 0.6) is 0 Å². The predicted molar refractivity (Wildman–Crippen MR) is 74.6 cm³/mol. The highest BCUT2D eigenvalue weighted by Gasteiger charge is 2.38. The third kappa shape index (κ3) is 3.98. The summed E-state index contributed by atoms with van der Waals surface area (Å²) in [5, 5.41) is 9.22. The number of hydrogen-bond acceptors (Lipinski definition) is 2. The molecule has 0 aromatic rings. The summed E-state index contributed by atoms with van der Waals surface area (Å²) in [5.74, 6) is 0.541. The molecule has 0 bridgehead atoms. The summed E-state index contributed by atoms with van der Waals surface area (Å²) in [5.41, 5.74) is 0. The van der Waals surface area contributed by atoms with E-state index >= 15 is 0 Å². The minimum Gasteiger partial charge on any atom is -0.481 e. The van der Waals surface area contributed by atoms with Crippen molar-refractivity contribution in [2.45, 2.75) is 66.0 Å². The van der Waals surface area contributed by atoms with Crippen molar-refractivity contribution in [3.63, 3.8) is 0 Å². The van der Waals surface area contributed by atoms with Gasteiger partial charge in [0, 0.05) is 12.1 Å². The molecule has 1 saturated heterocycles. The van der Waals surface area contributed by atoms with Crippen LogP contribution in [0.1, 0.15) is 53.9 Å². The number of nitrogens with zero attached hydrogens (tertiary/aromatic N) is 1. The van der Waals surface area contributed by atoms with Crippen LogP contribution in [0.2, 0.25) is 0 Å². The van der Waals surface area contributed by atoms with Crippen molar-refractivity contribution in [3.05, 3.63) is 0 Å². The van der Waals surface area contributed by atoms with Gasteiger partial charge >= 0.3 is 5.97 Å². The van der Waals surface area contributed by atoms with E-state index in [4.69, 9.17) is 0 Å². The molecule has 0 radical (unpaired) electrons. The molecule has 1 rings (SSSR count). The molecule has 18 heavy (non-hydrogen) atoms. The molecule has 2 atom stereocenters. The molecular formula is C15H29NO2. The Kier molecular flexibility index (Phi) is 5.64. The van der Waals surface area contributed by atoms with Crippen LogP contribution in [-0.2, 0) is 4.79 Å². The topological polar surface area (TPSA) is 40.5 Å². The Labute approximate surface area is 112 Å². The number of carboxylic acids is 1. The first kappa shape index (κ1) is 15.5. The summed E-state index contributed by atoms with van der Waals surface area (Å²) in [7, 11) is 0. The minimum atomic E-state index is -0.627. The van der Waals surface area contributed by atoms with E-state index in [0.29, 0.717) is 17.9 Å². The van der Waals surface area contributed by atoms with Crippen LogP contribution < -0.4 is 0 Å². The van der Waals surface area contributed by atoms with Gasteiger partial charge in [0.05, 0.1) is 5.92 Å². The molecule has 1 aliphatic rings. The SMILES string of the molecule is CC(C)CC(CC(C)C)N1CCC(C(=O)O)C1C. The third-order valence-corrected chi connectivity index (χ3v) is 4.08. The molecule has 1 heterocycles. The van der Waals surface area contributed by atoms with Crippen LogP contribution in [0.3, 0.4) is 0 Å². The van der Waals surface area contributed by atoms with Crippen LogP contribution in [0.15, 0.2) is 0 Å². The van der Waals surface area contributed by atoms with Crippen molar-refractivity contribution in [1.82, 2.24) is 4.90 Å². The summed E-state index contributed by atoms with van der Waals surface area (Å²) in [6.45, 7) is 12.0. The Balaban J connectivity index is 2.71. The highest BCUT2D eigenvalue weighted by Crippen LogP contribution is 2.31. The molecule has 0 aliphatic carbocycles.